The van der Waals surface area contributed by atoms with Crippen LogP contribution in [0.3, 0.4) is 0 Å². The van der Waals surface area contributed by atoms with Crippen molar-refractivity contribution in [2.45, 2.75) is 70.3 Å². The molecule has 2 amide bonds. The van der Waals surface area contributed by atoms with Crippen LogP contribution in [0, 0.1) is 0 Å². The second kappa shape index (κ2) is 10.3. The molecule has 0 unspecified atom stereocenters. The van der Waals surface area contributed by atoms with Crippen LogP contribution in [0.4, 0.5) is 18.0 Å². The molecule has 0 saturated heterocycles. The average molecular weight is 479 g/mol. The molecule has 34 heavy (non-hydrogen) atoms. The van der Waals surface area contributed by atoms with Crippen LogP contribution in [0.15, 0.2) is 42.6 Å². The lowest BCUT2D eigenvalue weighted by molar-refractivity contribution is -0.137. The van der Waals surface area contributed by atoms with Crippen LogP contribution in [-0.4, -0.2) is 34.7 Å². The summed E-state index contributed by atoms with van der Waals surface area (Å²) >= 11 is 0. The molecule has 184 valence electrons. The summed E-state index contributed by atoms with van der Waals surface area (Å²) < 4.78 is 49.7. The van der Waals surface area contributed by atoms with E-state index in [1.54, 1.807) is 26.8 Å². The number of pyridine rings is 1. The third-order valence-electron chi connectivity index (χ3n) is 5.17. The molecule has 0 spiro atoms. The van der Waals surface area contributed by atoms with Gasteiger partial charge in [0, 0.05) is 18.3 Å². The number of halogens is 3. The maximum absolute atomic E-state index is 13.0. The zero-order valence-corrected chi connectivity index (χ0v) is 19.2. The largest absolute Gasteiger partial charge is 0.444 e. The Morgan fingerprint density at radius 3 is 2.24 bits per heavy atom. The number of rotatable bonds is 5. The van der Waals surface area contributed by atoms with Crippen LogP contribution in [0.5, 0.6) is 11.6 Å². The fraction of sp³-hybridized carbons (Fsp3) is 0.458. The predicted molar refractivity (Wildman–Crippen MR) is 119 cm³/mol. The molecule has 1 aromatic heterocycles. The van der Waals surface area contributed by atoms with Crippen molar-refractivity contribution in [3.05, 3.63) is 53.7 Å². The average Bonchev–Trinajstić information content (AvgIpc) is 2.74. The van der Waals surface area contributed by atoms with Crippen LogP contribution >= 0.6 is 0 Å². The lowest BCUT2D eigenvalue weighted by Crippen LogP contribution is -2.45. The van der Waals surface area contributed by atoms with Gasteiger partial charge in [0.05, 0.1) is 5.56 Å². The molecule has 1 aromatic carbocycles. The van der Waals surface area contributed by atoms with E-state index in [0.717, 1.165) is 12.1 Å². The molecular weight excluding hydrogens is 451 g/mol. The maximum Gasteiger partial charge on any atom is 0.416 e. The normalized spacial score (nSPS) is 18.6. The Balaban J connectivity index is 1.58. The third-order valence-corrected chi connectivity index (χ3v) is 5.17. The molecule has 3 rings (SSSR count). The Morgan fingerprint density at radius 2 is 1.62 bits per heavy atom. The monoisotopic (exact) mass is 479 g/mol. The van der Waals surface area contributed by atoms with Gasteiger partial charge in [0.1, 0.15) is 16.9 Å². The summed E-state index contributed by atoms with van der Waals surface area (Å²) in [4.78, 5) is 28.8. The van der Waals surface area contributed by atoms with Crippen LogP contribution in [-0.2, 0) is 10.9 Å². The van der Waals surface area contributed by atoms with Gasteiger partial charge in [-0.1, -0.05) is 6.07 Å². The smallest absolute Gasteiger partial charge is 0.416 e. The van der Waals surface area contributed by atoms with Crippen molar-refractivity contribution in [1.82, 2.24) is 15.6 Å². The first kappa shape index (κ1) is 25.3. The van der Waals surface area contributed by atoms with Gasteiger partial charge in [-0.05, 0) is 76.8 Å². The number of carbonyl (C=O) groups excluding carboxylic acids is 2. The van der Waals surface area contributed by atoms with E-state index in [4.69, 9.17) is 9.47 Å². The number of benzene rings is 1. The van der Waals surface area contributed by atoms with Crippen LogP contribution in [0.1, 0.15) is 62.4 Å². The van der Waals surface area contributed by atoms with Crippen LogP contribution < -0.4 is 15.4 Å². The third kappa shape index (κ3) is 7.36. The number of alkyl halides is 3. The van der Waals surface area contributed by atoms with Crippen molar-refractivity contribution in [1.29, 1.82) is 0 Å². The highest BCUT2D eigenvalue weighted by atomic mass is 19.4. The second-order valence-corrected chi connectivity index (χ2v) is 9.15. The van der Waals surface area contributed by atoms with Crippen LogP contribution in [0.25, 0.3) is 0 Å². The Labute approximate surface area is 196 Å². The van der Waals surface area contributed by atoms with Crippen molar-refractivity contribution in [2.24, 2.45) is 0 Å². The summed E-state index contributed by atoms with van der Waals surface area (Å²) in [6.45, 7) is 5.38. The molecule has 0 atom stereocenters. The number of hydrogen-bond acceptors (Lipinski definition) is 5. The number of carbonyl (C=O) groups is 2. The van der Waals surface area contributed by atoms with Gasteiger partial charge in [-0.3, -0.25) is 4.79 Å². The summed E-state index contributed by atoms with van der Waals surface area (Å²) in [5.41, 5.74) is -1.31. The molecule has 1 heterocycles. The first-order valence-electron chi connectivity index (χ1n) is 11.0. The minimum absolute atomic E-state index is 0.0406. The van der Waals surface area contributed by atoms with Crippen molar-refractivity contribution in [3.8, 4) is 11.6 Å². The summed E-state index contributed by atoms with van der Waals surface area (Å²) in [5, 5.41) is 5.77. The Bertz CT molecular complexity index is 1010. The molecule has 1 aliphatic carbocycles. The highest BCUT2D eigenvalue weighted by Gasteiger charge is 2.31. The highest BCUT2D eigenvalue weighted by Crippen LogP contribution is 2.33. The highest BCUT2D eigenvalue weighted by molar-refractivity contribution is 5.96. The Morgan fingerprint density at radius 1 is 0.971 bits per heavy atom. The van der Waals surface area contributed by atoms with Crippen molar-refractivity contribution >= 4 is 12.0 Å². The maximum atomic E-state index is 13.0. The van der Waals surface area contributed by atoms with Gasteiger partial charge in [-0.25, -0.2) is 9.78 Å². The van der Waals surface area contributed by atoms with E-state index in [2.05, 4.69) is 15.6 Å². The summed E-state index contributed by atoms with van der Waals surface area (Å²) in [6.07, 6.45) is -0.942. The standard InChI is InChI=1S/C24H28F3N3O4/c1-23(2,3)34-22(32)30-17-11-9-16(10-12-17)29-20(31)19-8-5-13-28-21(19)33-18-7-4-6-15(14-18)24(25,26)27/h4-8,13-14,16-17H,9-12H2,1-3H3,(H,29,31)(H,30,32). The van der Waals surface area contributed by atoms with Crippen LogP contribution in [0.2, 0.25) is 0 Å². The lowest BCUT2D eigenvalue weighted by atomic mass is 9.91. The Hall–Kier alpha value is -3.30. The van der Waals surface area contributed by atoms with E-state index in [9.17, 15) is 22.8 Å². The second-order valence-electron chi connectivity index (χ2n) is 9.15. The van der Waals surface area contributed by atoms with Crippen molar-refractivity contribution < 1.29 is 32.2 Å². The molecule has 0 radical (unpaired) electrons. The summed E-state index contributed by atoms with van der Waals surface area (Å²) in [6, 6.07) is 7.28. The number of ether oxygens (including phenoxy) is 2. The lowest BCUT2D eigenvalue weighted by Gasteiger charge is -2.30. The van der Waals surface area contributed by atoms with E-state index < -0.39 is 29.3 Å². The number of amides is 2. The first-order chi connectivity index (χ1) is 15.9. The SMILES string of the molecule is CC(C)(C)OC(=O)NC1CCC(NC(=O)c2cccnc2Oc2cccc(C(F)(F)F)c2)CC1. The molecule has 1 aliphatic rings. The molecular formula is C24H28F3N3O4. The molecule has 10 heteroatoms. The molecule has 1 saturated carbocycles. The molecule has 1 fully saturated rings. The Kier molecular flexibility index (Phi) is 7.68. The number of aromatic nitrogens is 1. The predicted octanol–water partition coefficient (Wildman–Crippen LogP) is 5.46. The van der Waals surface area contributed by atoms with E-state index >= 15 is 0 Å². The topological polar surface area (TPSA) is 89.6 Å². The zero-order chi connectivity index (χ0) is 24.9. The van der Waals surface area contributed by atoms with Gasteiger partial charge in [-0.15, -0.1) is 0 Å². The minimum atomic E-state index is -4.51. The van der Waals surface area contributed by atoms with Gasteiger partial charge in [-0.2, -0.15) is 13.2 Å². The first-order valence-corrected chi connectivity index (χ1v) is 11.0. The molecule has 0 bridgehead atoms. The molecule has 0 aliphatic heterocycles. The van der Waals surface area contributed by atoms with Crippen molar-refractivity contribution in [3.63, 3.8) is 0 Å². The summed E-state index contributed by atoms with van der Waals surface area (Å²) in [7, 11) is 0. The number of hydrogen-bond donors (Lipinski definition) is 2. The fourth-order valence-corrected chi connectivity index (χ4v) is 3.61. The van der Waals surface area contributed by atoms with Gasteiger partial charge < -0.3 is 20.1 Å². The van der Waals surface area contributed by atoms with E-state index in [1.165, 1.54) is 24.4 Å². The van der Waals surface area contributed by atoms with E-state index in [0.29, 0.717) is 25.7 Å². The van der Waals surface area contributed by atoms with E-state index in [-0.39, 0.29) is 29.3 Å². The van der Waals surface area contributed by atoms with Gasteiger partial charge >= 0.3 is 12.3 Å². The fourth-order valence-electron chi connectivity index (χ4n) is 3.61. The van der Waals surface area contributed by atoms with Gasteiger partial charge in [0.15, 0.2) is 0 Å². The zero-order valence-electron chi connectivity index (χ0n) is 19.2. The van der Waals surface area contributed by atoms with Gasteiger partial charge in [0.2, 0.25) is 5.88 Å². The van der Waals surface area contributed by atoms with Gasteiger partial charge in [0.25, 0.3) is 5.91 Å². The number of alkyl carbamates (subject to hydrolysis) is 1. The summed E-state index contributed by atoms with van der Waals surface area (Å²) in [5.74, 6) is -0.588. The number of nitrogens with one attached hydrogen (secondary N) is 2. The minimum Gasteiger partial charge on any atom is -0.444 e. The number of nitrogens with zero attached hydrogens (tertiary/aromatic N) is 1. The molecule has 7 nitrogen and oxygen atoms in total. The molecule has 2 aromatic rings. The molecule has 2 N–H and O–H groups in total. The van der Waals surface area contributed by atoms with Crippen molar-refractivity contribution in [2.75, 3.05) is 0 Å². The quantitative estimate of drug-likeness (QED) is 0.595. The van der Waals surface area contributed by atoms with E-state index in [1.807, 2.05) is 0 Å².